The molecule has 0 spiro atoms. The van der Waals surface area contributed by atoms with E-state index in [1.54, 1.807) is 6.92 Å². The Morgan fingerprint density at radius 2 is 2.03 bits per heavy atom. The number of benzene rings is 1. The highest BCUT2D eigenvalue weighted by molar-refractivity contribution is 6.35. The first kappa shape index (κ1) is 19.3. The molecule has 1 N–H and O–H groups in total. The highest BCUT2D eigenvalue weighted by atomic mass is 19.4. The lowest BCUT2D eigenvalue weighted by atomic mass is 9.94. The summed E-state index contributed by atoms with van der Waals surface area (Å²) in [5, 5.41) is 2.55. The molecule has 0 radical (unpaired) electrons. The summed E-state index contributed by atoms with van der Waals surface area (Å²) in [5.74, 6) is -0.308. The molecule has 152 valence electrons. The van der Waals surface area contributed by atoms with Crippen LogP contribution >= 0.6 is 0 Å². The van der Waals surface area contributed by atoms with E-state index in [1.165, 1.54) is 12.1 Å². The van der Waals surface area contributed by atoms with Crippen molar-refractivity contribution in [2.45, 2.75) is 38.8 Å². The highest BCUT2D eigenvalue weighted by Gasteiger charge is 2.35. The van der Waals surface area contributed by atoms with Gasteiger partial charge >= 0.3 is 12.1 Å². The summed E-state index contributed by atoms with van der Waals surface area (Å²) in [5.41, 5.74) is 0.564. The fraction of sp³-hybridized carbons (Fsp3) is 0.333. The smallest absolute Gasteiger partial charge is 0.416 e. The zero-order valence-corrected chi connectivity index (χ0v) is 15.6. The number of carbonyl (C=O) groups excluding carboxylic acids is 2. The van der Waals surface area contributed by atoms with Crippen LogP contribution in [0.15, 0.2) is 22.6 Å². The van der Waals surface area contributed by atoms with Gasteiger partial charge in [0.1, 0.15) is 17.1 Å². The minimum atomic E-state index is -4.54. The van der Waals surface area contributed by atoms with Gasteiger partial charge in [0.15, 0.2) is 0 Å². The van der Waals surface area contributed by atoms with Gasteiger partial charge in [0, 0.05) is 23.2 Å². The van der Waals surface area contributed by atoms with Crippen molar-refractivity contribution in [1.82, 2.24) is 0 Å². The zero-order valence-electron chi connectivity index (χ0n) is 15.6. The number of fused-ring (bicyclic) bond motifs is 2. The Labute approximate surface area is 164 Å². The summed E-state index contributed by atoms with van der Waals surface area (Å²) >= 11 is 0. The van der Waals surface area contributed by atoms with Crippen LogP contribution < -0.4 is 5.32 Å². The number of alkyl halides is 3. The van der Waals surface area contributed by atoms with Crippen LogP contribution in [0.3, 0.4) is 0 Å². The predicted molar refractivity (Wildman–Crippen MR) is 99.3 cm³/mol. The number of hydrogen-bond acceptors (Lipinski definition) is 4. The third-order valence-corrected chi connectivity index (χ3v) is 5.08. The topological polar surface area (TPSA) is 68.5 Å². The maximum atomic E-state index is 13.1. The van der Waals surface area contributed by atoms with Crippen molar-refractivity contribution in [2.24, 2.45) is 0 Å². The molecule has 5 nitrogen and oxygen atoms in total. The molecular weight excluding hydrogens is 387 g/mol. The first-order chi connectivity index (χ1) is 13.8. The number of furan rings is 1. The van der Waals surface area contributed by atoms with E-state index in [-0.39, 0.29) is 34.8 Å². The monoisotopic (exact) mass is 405 g/mol. The first-order valence-corrected chi connectivity index (χ1v) is 9.36. The van der Waals surface area contributed by atoms with Crippen LogP contribution in [0.25, 0.3) is 11.6 Å². The second-order valence-electron chi connectivity index (χ2n) is 6.94. The van der Waals surface area contributed by atoms with E-state index in [1.807, 2.05) is 0 Å². The van der Waals surface area contributed by atoms with Crippen LogP contribution in [0, 0.1) is 0 Å². The number of carbonyl (C=O) groups is 2. The third-order valence-electron chi connectivity index (χ3n) is 5.08. The van der Waals surface area contributed by atoms with Gasteiger partial charge in [-0.1, -0.05) is 0 Å². The largest absolute Gasteiger partial charge is 0.462 e. The second kappa shape index (κ2) is 7.09. The molecule has 2 aromatic rings. The van der Waals surface area contributed by atoms with Crippen LogP contribution in [-0.4, -0.2) is 18.5 Å². The number of halogens is 3. The number of amides is 1. The fourth-order valence-electron chi connectivity index (χ4n) is 3.75. The molecule has 1 aliphatic carbocycles. The van der Waals surface area contributed by atoms with Crippen molar-refractivity contribution in [3.05, 3.63) is 52.0 Å². The Morgan fingerprint density at radius 3 is 2.76 bits per heavy atom. The Morgan fingerprint density at radius 1 is 1.28 bits per heavy atom. The van der Waals surface area contributed by atoms with E-state index in [9.17, 15) is 22.8 Å². The van der Waals surface area contributed by atoms with E-state index in [2.05, 4.69) is 5.32 Å². The number of hydrogen-bond donors (Lipinski definition) is 1. The number of nitrogens with one attached hydrogen (secondary N) is 1. The van der Waals surface area contributed by atoms with Crippen LogP contribution in [-0.2, 0) is 28.5 Å². The minimum Gasteiger partial charge on any atom is -0.462 e. The Hall–Kier alpha value is -3.03. The standard InChI is InChI=1S/C21H18F3NO4/c1-2-28-20(27)18-12-5-3-4-6-16(12)29-17(18)10-14-13-9-11(21(22,23)24)7-8-15(13)25-19(14)26/h7-10H,2-6H2,1H3,(H,25,26). The molecule has 8 heteroatoms. The summed E-state index contributed by atoms with van der Waals surface area (Å²) < 4.78 is 50.3. The third kappa shape index (κ3) is 3.43. The number of aryl methyl sites for hydroxylation is 1. The van der Waals surface area contributed by atoms with Gasteiger partial charge in [0.05, 0.1) is 17.7 Å². The number of anilines is 1. The second-order valence-corrected chi connectivity index (χ2v) is 6.94. The van der Waals surface area contributed by atoms with Crippen molar-refractivity contribution >= 4 is 29.2 Å². The van der Waals surface area contributed by atoms with E-state index < -0.39 is 23.6 Å². The zero-order chi connectivity index (χ0) is 20.8. The maximum Gasteiger partial charge on any atom is 0.416 e. The van der Waals surface area contributed by atoms with Crippen LogP contribution in [0.5, 0.6) is 0 Å². The van der Waals surface area contributed by atoms with Crippen molar-refractivity contribution in [1.29, 1.82) is 0 Å². The van der Waals surface area contributed by atoms with Gasteiger partial charge in [0.25, 0.3) is 5.91 Å². The van der Waals surface area contributed by atoms with Gasteiger partial charge in [0.2, 0.25) is 0 Å². The van der Waals surface area contributed by atoms with Crippen LogP contribution in [0.2, 0.25) is 0 Å². The summed E-state index contributed by atoms with van der Waals surface area (Å²) in [6.07, 6.45) is -0.0785. The van der Waals surface area contributed by atoms with E-state index in [4.69, 9.17) is 9.15 Å². The van der Waals surface area contributed by atoms with Crippen molar-refractivity contribution in [2.75, 3.05) is 11.9 Å². The molecule has 1 amide bonds. The molecule has 0 saturated carbocycles. The summed E-state index contributed by atoms with van der Waals surface area (Å²) in [6, 6.07) is 3.06. The Kier molecular flexibility index (Phi) is 4.72. The normalized spacial score (nSPS) is 17.1. The van der Waals surface area contributed by atoms with Gasteiger partial charge in [-0.15, -0.1) is 0 Å². The molecule has 0 unspecified atom stereocenters. The molecule has 0 fully saturated rings. The molecule has 0 saturated heterocycles. The molecule has 1 aromatic carbocycles. The van der Waals surface area contributed by atoms with E-state index in [0.29, 0.717) is 18.6 Å². The molecule has 1 aliphatic heterocycles. The quantitative estimate of drug-likeness (QED) is 0.586. The lowest BCUT2D eigenvalue weighted by molar-refractivity contribution is -0.137. The maximum absolute atomic E-state index is 13.1. The van der Waals surface area contributed by atoms with Crippen LogP contribution in [0.4, 0.5) is 18.9 Å². The van der Waals surface area contributed by atoms with Crippen molar-refractivity contribution in [3.8, 4) is 0 Å². The molecular formula is C21H18F3NO4. The molecule has 2 heterocycles. The Bertz CT molecular complexity index is 1030. The number of rotatable bonds is 3. The lowest BCUT2D eigenvalue weighted by Crippen LogP contribution is -2.10. The molecule has 4 rings (SSSR count). The Balaban J connectivity index is 1.85. The van der Waals surface area contributed by atoms with Gasteiger partial charge in [-0.25, -0.2) is 4.79 Å². The molecule has 0 atom stereocenters. The highest BCUT2D eigenvalue weighted by Crippen LogP contribution is 2.40. The summed E-state index contributed by atoms with van der Waals surface area (Å²) in [6.45, 7) is 1.86. The SMILES string of the molecule is CCOC(=O)c1c(C=C2C(=O)Nc3ccc(C(F)(F)F)cc32)oc2c1CCCC2. The fourth-order valence-corrected chi connectivity index (χ4v) is 3.75. The summed E-state index contributed by atoms with van der Waals surface area (Å²) in [4.78, 5) is 25.0. The average Bonchev–Trinajstić information content (AvgIpc) is 3.18. The molecule has 0 bridgehead atoms. The van der Waals surface area contributed by atoms with Gasteiger partial charge < -0.3 is 14.5 Å². The van der Waals surface area contributed by atoms with Crippen molar-refractivity contribution in [3.63, 3.8) is 0 Å². The number of ether oxygens (including phenoxy) is 1. The van der Waals surface area contributed by atoms with Gasteiger partial charge in [-0.3, -0.25) is 4.79 Å². The molecule has 2 aliphatic rings. The molecule has 1 aromatic heterocycles. The van der Waals surface area contributed by atoms with Crippen LogP contribution in [0.1, 0.15) is 58.3 Å². The van der Waals surface area contributed by atoms with Gasteiger partial charge in [-0.2, -0.15) is 13.2 Å². The first-order valence-electron chi connectivity index (χ1n) is 9.36. The predicted octanol–water partition coefficient (Wildman–Crippen LogP) is 4.85. The average molecular weight is 405 g/mol. The van der Waals surface area contributed by atoms with Gasteiger partial charge in [-0.05, 0) is 50.5 Å². The lowest BCUT2D eigenvalue weighted by Gasteiger charge is -2.10. The van der Waals surface area contributed by atoms with E-state index >= 15 is 0 Å². The minimum absolute atomic E-state index is 0.0164. The number of esters is 1. The molecule has 29 heavy (non-hydrogen) atoms. The van der Waals surface area contributed by atoms with Crippen molar-refractivity contribution < 1.29 is 31.9 Å². The van der Waals surface area contributed by atoms with E-state index in [0.717, 1.165) is 30.5 Å². The summed E-state index contributed by atoms with van der Waals surface area (Å²) in [7, 11) is 0.